The summed E-state index contributed by atoms with van der Waals surface area (Å²) < 4.78 is 2.22. The first-order valence-corrected chi connectivity index (χ1v) is 10.2. The van der Waals surface area contributed by atoms with Crippen LogP contribution in [0.15, 0.2) is 5.16 Å². The van der Waals surface area contributed by atoms with Crippen molar-refractivity contribution in [2.75, 3.05) is 5.75 Å². The second-order valence-corrected chi connectivity index (χ2v) is 8.26. The van der Waals surface area contributed by atoms with Crippen LogP contribution < -0.4 is 10.6 Å². The Kier molecular flexibility index (Phi) is 5.98. The Morgan fingerprint density at radius 2 is 1.92 bits per heavy atom. The zero-order chi connectivity index (χ0) is 17.8. The van der Waals surface area contributed by atoms with Crippen LogP contribution in [-0.2, 0) is 4.79 Å². The maximum atomic E-state index is 11.9. The third-order valence-corrected chi connectivity index (χ3v) is 5.57. The highest BCUT2D eigenvalue weighted by Gasteiger charge is 2.30. The minimum Gasteiger partial charge on any atom is -0.335 e. The topological polar surface area (TPSA) is 88.9 Å². The fourth-order valence-electron chi connectivity index (χ4n) is 3.17. The van der Waals surface area contributed by atoms with Gasteiger partial charge in [-0.3, -0.25) is 10.1 Å². The molecule has 2 N–H and O–H groups in total. The Balaban J connectivity index is 1.43. The van der Waals surface area contributed by atoms with Gasteiger partial charge in [-0.1, -0.05) is 38.5 Å². The van der Waals surface area contributed by atoms with Gasteiger partial charge in [-0.2, -0.15) is 0 Å². The summed E-state index contributed by atoms with van der Waals surface area (Å²) in [7, 11) is 0. The normalized spacial score (nSPS) is 17.9. The molecule has 0 spiro atoms. The van der Waals surface area contributed by atoms with E-state index in [9.17, 15) is 9.59 Å². The standard InChI is InChI=1S/C17H27N5O2S/c1-11(2)15-20-21-17(22(15)13-7-8-13)25-10-9-14(23)19-16(24)18-12-5-3-4-6-12/h11-13H,3-10H2,1-2H3,(H2,18,19,23,24). The molecule has 7 nitrogen and oxygen atoms in total. The molecule has 1 aromatic heterocycles. The second-order valence-electron chi connectivity index (χ2n) is 7.20. The monoisotopic (exact) mass is 365 g/mol. The zero-order valence-corrected chi connectivity index (χ0v) is 15.8. The van der Waals surface area contributed by atoms with Crippen molar-refractivity contribution in [2.24, 2.45) is 0 Å². The highest BCUT2D eigenvalue weighted by Crippen LogP contribution is 2.40. The molecule has 2 fully saturated rings. The lowest BCUT2D eigenvalue weighted by Gasteiger charge is -2.12. The summed E-state index contributed by atoms with van der Waals surface area (Å²) in [6.07, 6.45) is 6.95. The van der Waals surface area contributed by atoms with Gasteiger partial charge >= 0.3 is 6.03 Å². The van der Waals surface area contributed by atoms with E-state index in [0.717, 1.165) is 36.7 Å². The predicted octanol–water partition coefficient (Wildman–Crippen LogP) is 2.99. The van der Waals surface area contributed by atoms with Gasteiger partial charge < -0.3 is 9.88 Å². The van der Waals surface area contributed by atoms with E-state index in [0.29, 0.717) is 17.7 Å². The molecule has 8 heteroatoms. The van der Waals surface area contributed by atoms with Crippen LogP contribution in [0.1, 0.15) is 76.6 Å². The van der Waals surface area contributed by atoms with Gasteiger partial charge in [0, 0.05) is 30.2 Å². The minimum absolute atomic E-state index is 0.216. The van der Waals surface area contributed by atoms with Gasteiger partial charge in [0.25, 0.3) is 0 Å². The Labute approximate surface area is 152 Å². The first-order valence-electron chi connectivity index (χ1n) is 9.22. The maximum absolute atomic E-state index is 11.9. The number of rotatable bonds is 7. The summed E-state index contributed by atoms with van der Waals surface area (Å²) in [6.45, 7) is 4.24. The molecular weight excluding hydrogens is 338 g/mol. The molecule has 2 saturated carbocycles. The Bertz CT molecular complexity index is 621. The maximum Gasteiger partial charge on any atom is 0.321 e. The third-order valence-electron chi connectivity index (χ3n) is 4.62. The molecule has 1 aromatic rings. The van der Waals surface area contributed by atoms with Crippen LogP contribution in [0, 0.1) is 0 Å². The molecule has 0 unspecified atom stereocenters. The van der Waals surface area contributed by atoms with Gasteiger partial charge in [-0.15, -0.1) is 10.2 Å². The molecule has 0 bridgehead atoms. The molecule has 138 valence electrons. The summed E-state index contributed by atoms with van der Waals surface area (Å²) in [6, 6.07) is 0.361. The van der Waals surface area contributed by atoms with Gasteiger partial charge in [0.2, 0.25) is 5.91 Å². The molecule has 3 rings (SSSR count). The molecule has 2 aliphatic rings. The van der Waals surface area contributed by atoms with E-state index in [2.05, 4.69) is 39.2 Å². The van der Waals surface area contributed by atoms with Crippen molar-refractivity contribution < 1.29 is 9.59 Å². The van der Waals surface area contributed by atoms with Gasteiger partial charge in [0.15, 0.2) is 5.16 Å². The highest BCUT2D eigenvalue weighted by atomic mass is 32.2. The molecule has 0 aliphatic heterocycles. The highest BCUT2D eigenvalue weighted by molar-refractivity contribution is 7.99. The van der Waals surface area contributed by atoms with E-state index >= 15 is 0 Å². The van der Waals surface area contributed by atoms with Gasteiger partial charge in [-0.25, -0.2) is 4.79 Å². The number of aromatic nitrogens is 3. The SMILES string of the molecule is CC(C)c1nnc(SCCC(=O)NC(=O)NC2CCCC2)n1C1CC1. The van der Waals surface area contributed by atoms with E-state index in [4.69, 9.17) is 0 Å². The van der Waals surface area contributed by atoms with Crippen molar-refractivity contribution in [1.29, 1.82) is 0 Å². The lowest BCUT2D eigenvalue weighted by molar-refractivity contribution is -0.119. The van der Waals surface area contributed by atoms with Gasteiger partial charge in [-0.05, 0) is 25.7 Å². The Morgan fingerprint density at radius 3 is 2.56 bits per heavy atom. The molecule has 2 aliphatic carbocycles. The number of thioether (sulfide) groups is 1. The van der Waals surface area contributed by atoms with E-state index in [-0.39, 0.29) is 24.4 Å². The molecule has 0 radical (unpaired) electrons. The molecular formula is C17H27N5O2S. The predicted molar refractivity (Wildman–Crippen MR) is 96.7 cm³/mol. The second kappa shape index (κ2) is 8.21. The van der Waals surface area contributed by atoms with E-state index < -0.39 is 0 Å². The molecule has 3 amide bonds. The van der Waals surface area contributed by atoms with E-state index in [1.807, 2.05) is 0 Å². The van der Waals surface area contributed by atoms with E-state index in [1.165, 1.54) is 24.6 Å². The lowest BCUT2D eigenvalue weighted by atomic mass is 10.2. The average Bonchev–Trinajstić information content (AvgIpc) is 3.09. The number of amides is 3. The Hall–Kier alpha value is -1.57. The van der Waals surface area contributed by atoms with Crippen molar-refractivity contribution in [3.8, 4) is 0 Å². The third kappa shape index (κ3) is 4.96. The smallest absolute Gasteiger partial charge is 0.321 e. The number of carbonyl (C=O) groups is 2. The van der Waals surface area contributed by atoms with Crippen LogP contribution in [0.2, 0.25) is 0 Å². The Morgan fingerprint density at radius 1 is 1.20 bits per heavy atom. The molecule has 0 saturated heterocycles. The van der Waals surface area contributed by atoms with Crippen LogP contribution in [0.5, 0.6) is 0 Å². The molecule has 0 aromatic carbocycles. The number of nitrogens with one attached hydrogen (secondary N) is 2. The van der Waals surface area contributed by atoms with Crippen LogP contribution in [-0.4, -0.2) is 38.5 Å². The summed E-state index contributed by atoms with van der Waals surface area (Å²) in [4.78, 5) is 23.7. The lowest BCUT2D eigenvalue weighted by Crippen LogP contribution is -2.43. The average molecular weight is 366 g/mol. The number of carbonyl (C=O) groups excluding carboxylic acids is 2. The van der Waals surface area contributed by atoms with Crippen LogP contribution in [0.4, 0.5) is 4.79 Å². The molecule has 1 heterocycles. The van der Waals surface area contributed by atoms with Crippen LogP contribution in [0.25, 0.3) is 0 Å². The minimum atomic E-state index is -0.370. The van der Waals surface area contributed by atoms with Crippen LogP contribution in [0.3, 0.4) is 0 Å². The van der Waals surface area contributed by atoms with Crippen molar-refractivity contribution in [2.45, 2.75) is 82.0 Å². The number of hydrogen-bond acceptors (Lipinski definition) is 5. The van der Waals surface area contributed by atoms with Gasteiger partial charge in [0.1, 0.15) is 5.82 Å². The summed E-state index contributed by atoms with van der Waals surface area (Å²) in [5.74, 6) is 1.70. The number of imide groups is 1. The van der Waals surface area contributed by atoms with Crippen molar-refractivity contribution >= 4 is 23.7 Å². The van der Waals surface area contributed by atoms with Crippen LogP contribution >= 0.6 is 11.8 Å². The van der Waals surface area contributed by atoms with Crippen molar-refractivity contribution in [1.82, 2.24) is 25.4 Å². The number of nitrogens with zero attached hydrogens (tertiary/aromatic N) is 3. The summed E-state index contributed by atoms with van der Waals surface area (Å²) in [5.41, 5.74) is 0. The fraction of sp³-hybridized carbons (Fsp3) is 0.765. The summed E-state index contributed by atoms with van der Waals surface area (Å²) >= 11 is 1.54. The first-order chi connectivity index (χ1) is 12.0. The fourth-order valence-corrected chi connectivity index (χ4v) is 4.12. The number of hydrogen-bond donors (Lipinski definition) is 2. The first kappa shape index (κ1) is 18.2. The van der Waals surface area contributed by atoms with Gasteiger partial charge in [0.05, 0.1) is 0 Å². The largest absolute Gasteiger partial charge is 0.335 e. The van der Waals surface area contributed by atoms with Crippen molar-refractivity contribution in [3.05, 3.63) is 5.82 Å². The number of urea groups is 1. The van der Waals surface area contributed by atoms with Crippen molar-refractivity contribution in [3.63, 3.8) is 0 Å². The molecule has 0 atom stereocenters. The molecule has 25 heavy (non-hydrogen) atoms. The summed E-state index contributed by atoms with van der Waals surface area (Å²) in [5, 5.41) is 14.8. The zero-order valence-electron chi connectivity index (χ0n) is 15.0. The quantitative estimate of drug-likeness (QED) is 0.725. The van der Waals surface area contributed by atoms with E-state index in [1.54, 1.807) is 0 Å².